The summed E-state index contributed by atoms with van der Waals surface area (Å²) in [6, 6.07) is 12.5. The van der Waals surface area contributed by atoms with Gasteiger partial charge in [-0.2, -0.15) is 0 Å². The van der Waals surface area contributed by atoms with E-state index in [9.17, 15) is 0 Å². The Kier molecular flexibility index (Phi) is 3.43. The first-order valence-corrected chi connectivity index (χ1v) is 8.46. The largest absolute Gasteiger partial charge is 0.371 e. The van der Waals surface area contributed by atoms with E-state index in [0.717, 1.165) is 23.9 Å². The Morgan fingerprint density at radius 1 is 0.950 bits per heavy atom. The highest BCUT2D eigenvalue weighted by molar-refractivity contribution is 5.46. The Balaban J connectivity index is 1.29. The van der Waals surface area contributed by atoms with Crippen LogP contribution in [-0.4, -0.2) is 25.2 Å². The molecule has 3 aliphatic rings. The minimum Gasteiger partial charge on any atom is -0.371 e. The number of para-hydroxylation sites is 1. The zero-order chi connectivity index (χ0) is 13.4. The fourth-order valence-electron chi connectivity index (χ4n) is 4.36. The van der Waals surface area contributed by atoms with E-state index in [-0.39, 0.29) is 0 Å². The normalized spacial score (nSPS) is 33.8. The molecule has 0 unspecified atom stereocenters. The van der Waals surface area contributed by atoms with E-state index < -0.39 is 0 Å². The summed E-state index contributed by atoms with van der Waals surface area (Å²) in [6.07, 6.45) is 8.53. The van der Waals surface area contributed by atoms with E-state index in [0.29, 0.717) is 0 Å². The van der Waals surface area contributed by atoms with E-state index in [4.69, 9.17) is 0 Å². The third-order valence-electron chi connectivity index (χ3n) is 5.65. The lowest BCUT2D eigenvalue weighted by Crippen LogP contribution is -2.47. The van der Waals surface area contributed by atoms with E-state index in [1.165, 1.54) is 57.3 Å². The molecule has 2 heteroatoms. The topological polar surface area (TPSA) is 15.3 Å². The van der Waals surface area contributed by atoms with Crippen molar-refractivity contribution in [2.45, 2.75) is 50.6 Å². The Labute approximate surface area is 122 Å². The summed E-state index contributed by atoms with van der Waals surface area (Å²) < 4.78 is 0. The van der Waals surface area contributed by atoms with Gasteiger partial charge in [-0.05, 0) is 49.7 Å². The minimum absolute atomic E-state index is 0.763. The van der Waals surface area contributed by atoms with Crippen molar-refractivity contribution in [3.63, 3.8) is 0 Å². The molecule has 4 rings (SSSR count). The van der Waals surface area contributed by atoms with Crippen molar-refractivity contribution in [1.29, 1.82) is 0 Å². The fourth-order valence-corrected chi connectivity index (χ4v) is 4.36. The second kappa shape index (κ2) is 5.40. The lowest BCUT2D eigenvalue weighted by Gasteiger charge is -2.36. The number of hydrogen-bond donors (Lipinski definition) is 1. The lowest BCUT2D eigenvalue weighted by atomic mass is 9.93. The van der Waals surface area contributed by atoms with Crippen molar-refractivity contribution >= 4 is 5.69 Å². The first kappa shape index (κ1) is 12.7. The van der Waals surface area contributed by atoms with Crippen molar-refractivity contribution in [3.8, 4) is 0 Å². The Morgan fingerprint density at radius 2 is 1.75 bits per heavy atom. The third kappa shape index (κ3) is 2.58. The number of piperidine rings is 1. The molecule has 3 atom stereocenters. The van der Waals surface area contributed by atoms with Gasteiger partial charge in [0.2, 0.25) is 0 Å². The summed E-state index contributed by atoms with van der Waals surface area (Å²) in [7, 11) is 0. The monoisotopic (exact) mass is 270 g/mol. The molecule has 108 valence electrons. The first-order valence-electron chi connectivity index (χ1n) is 8.46. The van der Waals surface area contributed by atoms with Crippen molar-refractivity contribution in [2.24, 2.45) is 11.8 Å². The van der Waals surface area contributed by atoms with Crippen LogP contribution in [0.3, 0.4) is 0 Å². The molecule has 1 N–H and O–H groups in total. The number of anilines is 1. The molecule has 1 saturated heterocycles. The molecule has 3 fully saturated rings. The lowest BCUT2D eigenvalue weighted by molar-refractivity contribution is 0.294. The molecule has 1 aliphatic heterocycles. The van der Waals surface area contributed by atoms with Crippen LogP contribution >= 0.6 is 0 Å². The van der Waals surface area contributed by atoms with Gasteiger partial charge in [-0.1, -0.05) is 31.0 Å². The molecule has 20 heavy (non-hydrogen) atoms. The predicted octanol–water partition coefficient (Wildman–Crippen LogP) is 3.43. The zero-order valence-electron chi connectivity index (χ0n) is 12.3. The summed E-state index contributed by atoms with van der Waals surface area (Å²) in [4.78, 5) is 2.54. The number of nitrogens with zero attached hydrogens (tertiary/aromatic N) is 1. The molecule has 2 saturated carbocycles. The molecule has 0 aromatic heterocycles. The second-order valence-corrected chi connectivity index (χ2v) is 6.96. The fraction of sp³-hybridized carbons (Fsp3) is 0.667. The summed E-state index contributed by atoms with van der Waals surface area (Å²) in [6.45, 7) is 2.42. The predicted molar refractivity (Wildman–Crippen MR) is 84.0 cm³/mol. The van der Waals surface area contributed by atoms with Crippen LogP contribution in [0.15, 0.2) is 30.3 Å². The average Bonchev–Trinajstić information content (AvgIpc) is 3.30. The van der Waals surface area contributed by atoms with Gasteiger partial charge in [-0.25, -0.2) is 0 Å². The van der Waals surface area contributed by atoms with Crippen molar-refractivity contribution in [3.05, 3.63) is 30.3 Å². The molecule has 2 nitrogen and oxygen atoms in total. The smallest absolute Gasteiger partial charge is 0.0366 e. The van der Waals surface area contributed by atoms with E-state index in [1.54, 1.807) is 0 Å². The van der Waals surface area contributed by atoms with E-state index >= 15 is 0 Å². The van der Waals surface area contributed by atoms with Gasteiger partial charge in [0.05, 0.1) is 0 Å². The molecule has 2 aliphatic carbocycles. The van der Waals surface area contributed by atoms with Gasteiger partial charge < -0.3 is 10.2 Å². The highest BCUT2D eigenvalue weighted by Crippen LogP contribution is 2.49. The summed E-state index contributed by atoms with van der Waals surface area (Å²) in [5.74, 6) is 2.13. The summed E-state index contributed by atoms with van der Waals surface area (Å²) in [5, 5.41) is 3.99. The van der Waals surface area contributed by atoms with Gasteiger partial charge in [0.15, 0.2) is 0 Å². The SMILES string of the molecule is c1ccc(N2CCC(N[C@H]3CCC[C@H]4C[C@H]43)CC2)cc1. The number of fused-ring (bicyclic) bond motifs is 1. The van der Waals surface area contributed by atoms with Crippen LogP contribution < -0.4 is 10.2 Å². The van der Waals surface area contributed by atoms with Crippen LogP contribution in [0, 0.1) is 11.8 Å². The van der Waals surface area contributed by atoms with E-state index in [1.807, 2.05) is 0 Å². The van der Waals surface area contributed by atoms with Crippen molar-refractivity contribution in [1.82, 2.24) is 5.32 Å². The summed E-state index contributed by atoms with van der Waals surface area (Å²) >= 11 is 0. The minimum atomic E-state index is 0.763. The Morgan fingerprint density at radius 3 is 2.55 bits per heavy atom. The molecule has 1 aromatic carbocycles. The Bertz CT molecular complexity index is 436. The highest BCUT2D eigenvalue weighted by Gasteiger charge is 2.45. The Hall–Kier alpha value is -1.02. The number of benzene rings is 1. The maximum Gasteiger partial charge on any atom is 0.0366 e. The van der Waals surface area contributed by atoms with Crippen LogP contribution in [0.1, 0.15) is 38.5 Å². The average molecular weight is 270 g/mol. The maximum absolute atomic E-state index is 3.99. The zero-order valence-corrected chi connectivity index (χ0v) is 12.3. The van der Waals surface area contributed by atoms with Gasteiger partial charge in [-0.3, -0.25) is 0 Å². The van der Waals surface area contributed by atoms with Gasteiger partial charge in [0.1, 0.15) is 0 Å². The van der Waals surface area contributed by atoms with Crippen LogP contribution in [0.5, 0.6) is 0 Å². The maximum atomic E-state index is 3.99. The quantitative estimate of drug-likeness (QED) is 0.905. The first-order chi connectivity index (χ1) is 9.90. The number of nitrogens with one attached hydrogen (secondary N) is 1. The van der Waals surface area contributed by atoms with Crippen molar-refractivity contribution in [2.75, 3.05) is 18.0 Å². The molecular weight excluding hydrogens is 244 g/mol. The molecule has 0 amide bonds. The third-order valence-corrected chi connectivity index (χ3v) is 5.65. The highest BCUT2D eigenvalue weighted by atomic mass is 15.1. The molecule has 1 heterocycles. The molecule has 0 bridgehead atoms. The molecule has 0 spiro atoms. The van der Waals surface area contributed by atoms with E-state index in [2.05, 4.69) is 40.5 Å². The van der Waals surface area contributed by atoms with Crippen LogP contribution in [0.25, 0.3) is 0 Å². The van der Waals surface area contributed by atoms with Gasteiger partial charge in [-0.15, -0.1) is 0 Å². The molecule has 1 aromatic rings. The van der Waals surface area contributed by atoms with Crippen molar-refractivity contribution < 1.29 is 0 Å². The van der Waals surface area contributed by atoms with Gasteiger partial charge >= 0.3 is 0 Å². The summed E-state index contributed by atoms with van der Waals surface area (Å²) in [5.41, 5.74) is 1.39. The number of rotatable bonds is 3. The second-order valence-electron chi connectivity index (χ2n) is 6.96. The van der Waals surface area contributed by atoms with Crippen LogP contribution in [0.2, 0.25) is 0 Å². The van der Waals surface area contributed by atoms with Crippen LogP contribution in [-0.2, 0) is 0 Å². The number of hydrogen-bond acceptors (Lipinski definition) is 2. The van der Waals surface area contributed by atoms with Gasteiger partial charge in [0, 0.05) is 30.9 Å². The molecule has 0 radical (unpaired) electrons. The van der Waals surface area contributed by atoms with Gasteiger partial charge in [0.25, 0.3) is 0 Å². The van der Waals surface area contributed by atoms with Crippen LogP contribution in [0.4, 0.5) is 5.69 Å². The molecular formula is C18H26N2. The standard InChI is InChI=1S/C18H26N2/c1-2-6-16(7-3-1)20-11-9-15(10-12-20)19-18-8-4-5-14-13-17(14)18/h1-3,6-7,14-15,17-19H,4-5,8-13H2/t14-,17+,18-/m0/s1.